The largest absolute Gasteiger partial charge is 0.307 e. The highest BCUT2D eigenvalue weighted by Crippen LogP contribution is 2.18. The summed E-state index contributed by atoms with van der Waals surface area (Å²) in [4.78, 5) is 0. The molecule has 0 bridgehead atoms. The molecule has 21 heavy (non-hydrogen) atoms. The van der Waals surface area contributed by atoms with Crippen LogP contribution in [-0.4, -0.2) is 9.78 Å². The van der Waals surface area contributed by atoms with Crippen LogP contribution in [-0.2, 0) is 19.6 Å². The predicted octanol–water partition coefficient (Wildman–Crippen LogP) is 4.00. The summed E-state index contributed by atoms with van der Waals surface area (Å²) in [6.07, 6.45) is 0. The maximum atomic E-state index is 6.00. The van der Waals surface area contributed by atoms with Crippen molar-refractivity contribution in [3.05, 3.63) is 64.8 Å². The lowest BCUT2D eigenvalue weighted by Crippen LogP contribution is -2.13. The summed E-state index contributed by atoms with van der Waals surface area (Å²) >= 11 is 6.00. The van der Waals surface area contributed by atoms with E-state index in [2.05, 4.69) is 47.7 Å². The fourth-order valence-electron chi connectivity index (χ4n) is 2.54. The number of hydrogen-bond donors (Lipinski definition) is 1. The lowest BCUT2D eigenvalue weighted by molar-refractivity contribution is 0.632. The monoisotopic (exact) mass is 299 g/mol. The van der Waals surface area contributed by atoms with Gasteiger partial charge in [0.2, 0.25) is 0 Å². The molecule has 108 valence electrons. The average Bonchev–Trinajstić information content (AvgIpc) is 2.86. The highest BCUT2D eigenvalue weighted by atomic mass is 35.5. The second kappa shape index (κ2) is 6.29. The molecule has 0 amide bonds. The number of fused-ring (bicyclic) bond motifs is 1. The van der Waals surface area contributed by atoms with Crippen LogP contribution < -0.4 is 5.32 Å². The van der Waals surface area contributed by atoms with Gasteiger partial charge in [-0.05, 0) is 30.7 Å². The van der Waals surface area contributed by atoms with Gasteiger partial charge in [0.15, 0.2) is 0 Å². The van der Waals surface area contributed by atoms with Gasteiger partial charge in [-0.25, -0.2) is 0 Å². The minimum absolute atomic E-state index is 0.750. The van der Waals surface area contributed by atoms with Crippen molar-refractivity contribution in [1.82, 2.24) is 15.1 Å². The highest BCUT2D eigenvalue weighted by Gasteiger charge is 2.08. The zero-order valence-electron chi connectivity index (χ0n) is 12.0. The second-order valence-corrected chi connectivity index (χ2v) is 5.45. The zero-order chi connectivity index (χ0) is 14.7. The van der Waals surface area contributed by atoms with Gasteiger partial charge in [-0.1, -0.05) is 41.9 Å². The first-order chi connectivity index (χ1) is 10.3. The minimum atomic E-state index is 0.750. The molecule has 4 heteroatoms. The number of para-hydroxylation sites is 1. The van der Waals surface area contributed by atoms with Crippen LogP contribution in [0.3, 0.4) is 0 Å². The SMILES string of the molecule is CCn1nc(CNCc2cccc(Cl)c2)c2ccccc21. The first-order valence-corrected chi connectivity index (χ1v) is 7.55. The summed E-state index contributed by atoms with van der Waals surface area (Å²) in [6.45, 7) is 4.53. The molecule has 3 rings (SSSR count). The summed E-state index contributed by atoms with van der Waals surface area (Å²) in [6, 6.07) is 16.3. The third-order valence-electron chi connectivity index (χ3n) is 3.54. The van der Waals surface area contributed by atoms with E-state index in [4.69, 9.17) is 11.6 Å². The third-order valence-corrected chi connectivity index (χ3v) is 3.78. The minimum Gasteiger partial charge on any atom is -0.307 e. The zero-order valence-corrected chi connectivity index (χ0v) is 12.8. The van der Waals surface area contributed by atoms with Gasteiger partial charge in [-0.15, -0.1) is 0 Å². The van der Waals surface area contributed by atoms with E-state index in [0.29, 0.717) is 0 Å². The molecule has 0 saturated carbocycles. The van der Waals surface area contributed by atoms with E-state index in [1.165, 1.54) is 16.5 Å². The van der Waals surface area contributed by atoms with E-state index < -0.39 is 0 Å². The average molecular weight is 300 g/mol. The molecule has 0 atom stereocenters. The highest BCUT2D eigenvalue weighted by molar-refractivity contribution is 6.30. The lowest BCUT2D eigenvalue weighted by atomic mass is 10.2. The van der Waals surface area contributed by atoms with Gasteiger partial charge < -0.3 is 5.32 Å². The summed E-state index contributed by atoms with van der Waals surface area (Å²) in [5.74, 6) is 0. The molecule has 1 aromatic heterocycles. The number of nitrogens with one attached hydrogen (secondary N) is 1. The topological polar surface area (TPSA) is 29.9 Å². The van der Waals surface area contributed by atoms with E-state index >= 15 is 0 Å². The second-order valence-electron chi connectivity index (χ2n) is 5.01. The Morgan fingerprint density at radius 1 is 1.10 bits per heavy atom. The summed E-state index contributed by atoms with van der Waals surface area (Å²) in [7, 11) is 0. The van der Waals surface area contributed by atoms with Crippen molar-refractivity contribution in [1.29, 1.82) is 0 Å². The van der Waals surface area contributed by atoms with Crippen molar-refractivity contribution in [2.24, 2.45) is 0 Å². The van der Waals surface area contributed by atoms with Gasteiger partial charge in [0.1, 0.15) is 0 Å². The smallest absolute Gasteiger partial charge is 0.0841 e. The molecular formula is C17H18ClN3. The Balaban J connectivity index is 1.73. The number of halogens is 1. The molecule has 1 N–H and O–H groups in total. The molecule has 1 heterocycles. The predicted molar refractivity (Wildman–Crippen MR) is 87.4 cm³/mol. The standard InChI is InChI=1S/C17H18ClN3/c1-2-21-17-9-4-3-8-15(17)16(20-21)12-19-11-13-6-5-7-14(18)10-13/h3-10,19H,2,11-12H2,1H3. The van der Waals surface area contributed by atoms with Crippen LogP contribution in [0.4, 0.5) is 0 Å². The molecule has 0 unspecified atom stereocenters. The van der Waals surface area contributed by atoms with Gasteiger partial charge in [0.25, 0.3) is 0 Å². The molecule has 0 radical (unpaired) electrons. The van der Waals surface area contributed by atoms with E-state index in [1.807, 2.05) is 22.9 Å². The van der Waals surface area contributed by atoms with Crippen molar-refractivity contribution >= 4 is 22.5 Å². The number of nitrogens with zero attached hydrogens (tertiary/aromatic N) is 2. The Hall–Kier alpha value is -1.84. The summed E-state index contributed by atoms with van der Waals surface area (Å²) in [5.41, 5.74) is 3.47. The van der Waals surface area contributed by atoms with Gasteiger partial charge in [0, 0.05) is 30.0 Å². The van der Waals surface area contributed by atoms with Crippen LogP contribution in [0.2, 0.25) is 5.02 Å². The third kappa shape index (κ3) is 3.09. The number of rotatable bonds is 5. The van der Waals surface area contributed by atoms with Crippen LogP contribution in [0.5, 0.6) is 0 Å². The van der Waals surface area contributed by atoms with Crippen molar-refractivity contribution in [3.8, 4) is 0 Å². The number of aromatic nitrogens is 2. The molecular weight excluding hydrogens is 282 g/mol. The maximum Gasteiger partial charge on any atom is 0.0841 e. The van der Waals surface area contributed by atoms with Gasteiger partial charge in [0.05, 0.1) is 11.2 Å². The quantitative estimate of drug-likeness (QED) is 0.772. The van der Waals surface area contributed by atoms with E-state index in [1.54, 1.807) is 0 Å². The van der Waals surface area contributed by atoms with Crippen LogP contribution >= 0.6 is 11.6 Å². The Kier molecular flexibility index (Phi) is 4.23. The van der Waals surface area contributed by atoms with Crippen LogP contribution in [0.1, 0.15) is 18.2 Å². The van der Waals surface area contributed by atoms with Gasteiger partial charge >= 0.3 is 0 Å². The molecule has 0 aliphatic rings. The number of aryl methyl sites for hydroxylation is 1. The Labute approximate surface area is 129 Å². The van der Waals surface area contributed by atoms with E-state index in [9.17, 15) is 0 Å². The Bertz CT molecular complexity index is 749. The molecule has 0 aliphatic carbocycles. The van der Waals surface area contributed by atoms with Crippen LogP contribution in [0.25, 0.3) is 10.9 Å². The lowest BCUT2D eigenvalue weighted by Gasteiger charge is -2.04. The van der Waals surface area contributed by atoms with Crippen LogP contribution in [0, 0.1) is 0 Å². The molecule has 0 saturated heterocycles. The maximum absolute atomic E-state index is 6.00. The van der Waals surface area contributed by atoms with Crippen molar-refractivity contribution in [2.75, 3.05) is 0 Å². The summed E-state index contributed by atoms with van der Waals surface area (Å²) < 4.78 is 2.05. The molecule has 2 aromatic carbocycles. The Morgan fingerprint density at radius 2 is 1.95 bits per heavy atom. The fraction of sp³-hybridized carbons (Fsp3) is 0.235. The van der Waals surface area contributed by atoms with Crippen LogP contribution in [0.15, 0.2) is 48.5 Å². The summed E-state index contributed by atoms with van der Waals surface area (Å²) in [5, 5.41) is 10.1. The van der Waals surface area contributed by atoms with Gasteiger partial charge in [-0.3, -0.25) is 4.68 Å². The molecule has 0 spiro atoms. The van der Waals surface area contributed by atoms with E-state index in [-0.39, 0.29) is 0 Å². The first-order valence-electron chi connectivity index (χ1n) is 7.17. The first kappa shape index (κ1) is 14.1. The number of benzene rings is 2. The van der Waals surface area contributed by atoms with Gasteiger partial charge in [-0.2, -0.15) is 5.10 Å². The molecule has 3 aromatic rings. The molecule has 0 fully saturated rings. The number of hydrogen-bond acceptors (Lipinski definition) is 2. The fourth-order valence-corrected chi connectivity index (χ4v) is 2.75. The molecule has 0 aliphatic heterocycles. The van der Waals surface area contributed by atoms with E-state index in [0.717, 1.165) is 30.4 Å². The van der Waals surface area contributed by atoms with Crippen molar-refractivity contribution in [3.63, 3.8) is 0 Å². The molecule has 3 nitrogen and oxygen atoms in total. The Morgan fingerprint density at radius 3 is 2.76 bits per heavy atom. The normalized spacial score (nSPS) is 11.1. The van der Waals surface area contributed by atoms with Crippen molar-refractivity contribution < 1.29 is 0 Å². The van der Waals surface area contributed by atoms with Crippen molar-refractivity contribution in [2.45, 2.75) is 26.6 Å².